The third-order valence-electron chi connectivity index (χ3n) is 3.25. The van der Waals surface area contributed by atoms with Crippen LogP contribution < -0.4 is 10.1 Å². The van der Waals surface area contributed by atoms with Crippen molar-refractivity contribution in [3.05, 3.63) is 65.7 Å². The average Bonchev–Trinajstić information content (AvgIpc) is 3.08. The van der Waals surface area contributed by atoms with Crippen molar-refractivity contribution in [2.24, 2.45) is 0 Å². The zero-order chi connectivity index (χ0) is 17.5. The van der Waals surface area contributed by atoms with E-state index in [0.29, 0.717) is 10.9 Å². The van der Waals surface area contributed by atoms with E-state index in [4.69, 9.17) is 4.74 Å². The molecule has 0 saturated heterocycles. The van der Waals surface area contributed by atoms with Gasteiger partial charge in [0.2, 0.25) is 5.13 Å². The molecule has 1 heterocycles. The number of carbonyl (C=O) groups excluding carboxylic acids is 1. The first kappa shape index (κ1) is 17.4. The molecule has 0 bridgehead atoms. The fourth-order valence-corrected chi connectivity index (χ4v) is 3.70. The van der Waals surface area contributed by atoms with Crippen LogP contribution in [0, 0.1) is 6.92 Å². The molecule has 0 atom stereocenters. The molecule has 2 aromatic carbocycles. The molecule has 0 aliphatic heterocycles. The Hall–Kier alpha value is -2.38. The van der Waals surface area contributed by atoms with Gasteiger partial charge in [-0.2, -0.15) is 0 Å². The summed E-state index contributed by atoms with van der Waals surface area (Å²) in [5.41, 5.74) is 2.37. The van der Waals surface area contributed by atoms with Gasteiger partial charge in [0.15, 0.2) is 10.9 Å². The highest BCUT2D eigenvalue weighted by Gasteiger charge is 2.09. The van der Waals surface area contributed by atoms with Gasteiger partial charge in [-0.05, 0) is 24.6 Å². The number of benzene rings is 2. The van der Waals surface area contributed by atoms with Crippen molar-refractivity contribution in [1.29, 1.82) is 0 Å². The van der Waals surface area contributed by atoms with E-state index in [1.807, 2.05) is 49.4 Å². The van der Waals surface area contributed by atoms with E-state index >= 15 is 0 Å². The van der Waals surface area contributed by atoms with Crippen LogP contribution in [0.3, 0.4) is 0 Å². The predicted octanol–water partition coefficient (Wildman–Crippen LogP) is 4.16. The molecule has 1 aromatic heterocycles. The number of rotatable bonds is 7. The molecule has 25 heavy (non-hydrogen) atoms. The van der Waals surface area contributed by atoms with Crippen LogP contribution in [0.25, 0.3) is 0 Å². The standard InChI is InChI=1S/C18H17N3O2S2/c1-13-7-9-15(10-8-13)23-11-16(22)19-17-20-21-18(25-17)24-12-14-5-3-2-4-6-14/h2-10H,11-12H2,1H3,(H,19,20,22). The molecular weight excluding hydrogens is 354 g/mol. The Balaban J connectivity index is 1.45. The summed E-state index contributed by atoms with van der Waals surface area (Å²) in [4.78, 5) is 11.9. The molecule has 7 heteroatoms. The fraction of sp³-hybridized carbons (Fsp3) is 0.167. The quantitative estimate of drug-likeness (QED) is 0.499. The van der Waals surface area contributed by atoms with Gasteiger partial charge in [0.25, 0.3) is 5.91 Å². The lowest BCUT2D eigenvalue weighted by molar-refractivity contribution is -0.118. The molecule has 5 nitrogen and oxygen atoms in total. The summed E-state index contributed by atoms with van der Waals surface area (Å²) in [6, 6.07) is 17.7. The number of amides is 1. The van der Waals surface area contributed by atoms with Crippen LogP contribution in [0.4, 0.5) is 5.13 Å². The summed E-state index contributed by atoms with van der Waals surface area (Å²) in [7, 11) is 0. The number of hydrogen-bond acceptors (Lipinski definition) is 6. The number of hydrogen-bond donors (Lipinski definition) is 1. The second-order valence-corrected chi connectivity index (χ2v) is 7.50. The Kier molecular flexibility index (Phi) is 6.03. The van der Waals surface area contributed by atoms with Crippen LogP contribution in [0.15, 0.2) is 58.9 Å². The number of nitrogens with zero attached hydrogens (tertiary/aromatic N) is 2. The smallest absolute Gasteiger partial charge is 0.264 e. The fourth-order valence-electron chi connectivity index (χ4n) is 1.98. The first-order valence-corrected chi connectivity index (χ1v) is 9.49. The highest BCUT2D eigenvalue weighted by atomic mass is 32.2. The molecule has 0 spiro atoms. The Morgan fingerprint density at radius 2 is 1.88 bits per heavy atom. The van der Waals surface area contributed by atoms with E-state index in [0.717, 1.165) is 15.7 Å². The number of anilines is 1. The summed E-state index contributed by atoms with van der Waals surface area (Å²) >= 11 is 2.95. The van der Waals surface area contributed by atoms with Gasteiger partial charge < -0.3 is 4.74 Å². The summed E-state index contributed by atoms with van der Waals surface area (Å²) in [6.45, 7) is 1.94. The average molecular weight is 371 g/mol. The van der Waals surface area contributed by atoms with Crippen LogP contribution in [0.1, 0.15) is 11.1 Å². The van der Waals surface area contributed by atoms with Gasteiger partial charge in [-0.1, -0.05) is 71.1 Å². The van der Waals surface area contributed by atoms with Gasteiger partial charge in [-0.15, -0.1) is 10.2 Å². The third-order valence-corrected chi connectivity index (χ3v) is 5.29. The summed E-state index contributed by atoms with van der Waals surface area (Å²) in [5, 5.41) is 11.3. The van der Waals surface area contributed by atoms with Gasteiger partial charge >= 0.3 is 0 Å². The van der Waals surface area contributed by atoms with E-state index in [1.165, 1.54) is 16.9 Å². The van der Waals surface area contributed by atoms with E-state index in [1.54, 1.807) is 11.8 Å². The molecule has 3 rings (SSSR count). The maximum absolute atomic E-state index is 11.9. The molecule has 3 aromatic rings. The number of aromatic nitrogens is 2. The lowest BCUT2D eigenvalue weighted by Crippen LogP contribution is -2.20. The maximum Gasteiger partial charge on any atom is 0.264 e. The zero-order valence-corrected chi connectivity index (χ0v) is 15.3. The Morgan fingerprint density at radius 3 is 2.64 bits per heavy atom. The molecule has 128 valence electrons. The highest BCUT2D eigenvalue weighted by molar-refractivity contribution is 8.00. The number of ether oxygens (including phenoxy) is 1. The van der Waals surface area contributed by atoms with Crippen LogP contribution in [-0.4, -0.2) is 22.7 Å². The molecule has 0 aliphatic carbocycles. The number of nitrogens with one attached hydrogen (secondary N) is 1. The number of aryl methyl sites for hydroxylation is 1. The molecule has 0 saturated carbocycles. The first-order chi connectivity index (χ1) is 12.2. The minimum Gasteiger partial charge on any atom is -0.484 e. The lowest BCUT2D eigenvalue weighted by atomic mass is 10.2. The van der Waals surface area contributed by atoms with Crippen LogP contribution in [0.5, 0.6) is 5.75 Å². The van der Waals surface area contributed by atoms with Crippen molar-refractivity contribution < 1.29 is 9.53 Å². The second kappa shape index (κ2) is 8.64. The van der Waals surface area contributed by atoms with Crippen molar-refractivity contribution in [1.82, 2.24) is 10.2 Å². The monoisotopic (exact) mass is 371 g/mol. The molecule has 1 N–H and O–H groups in total. The largest absolute Gasteiger partial charge is 0.484 e. The third kappa shape index (κ3) is 5.58. The van der Waals surface area contributed by atoms with Crippen LogP contribution >= 0.6 is 23.1 Å². The zero-order valence-electron chi connectivity index (χ0n) is 13.6. The molecular formula is C18H17N3O2S2. The van der Waals surface area contributed by atoms with Crippen molar-refractivity contribution in [3.8, 4) is 5.75 Å². The van der Waals surface area contributed by atoms with E-state index in [-0.39, 0.29) is 12.5 Å². The molecule has 0 fully saturated rings. The van der Waals surface area contributed by atoms with Crippen molar-refractivity contribution in [2.45, 2.75) is 17.0 Å². The van der Waals surface area contributed by atoms with E-state index in [9.17, 15) is 4.79 Å². The molecule has 0 aliphatic rings. The van der Waals surface area contributed by atoms with Gasteiger partial charge in [0.1, 0.15) is 5.75 Å². The van der Waals surface area contributed by atoms with E-state index in [2.05, 4.69) is 27.6 Å². The Labute approximate surface area is 154 Å². The summed E-state index contributed by atoms with van der Waals surface area (Å²) in [5.74, 6) is 1.23. The Morgan fingerprint density at radius 1 is 1.12 bits per heavy atom. The molecule has 0 unspecified atom stereocenters. The van der Waals surface area contributed by atoms with Gasteiger partial charge in [0.05, 0.1) is 0 Å². The first-order valence-electron chi connectivity index (χ1n) is 7.68. The van der Waals surface area contributed by atoms with Gasteiger partial charge in [0, 0.05) is 5.75 Å². The predicted molar refractivity (Wildman–Crippen MR) is 101 cm³/mol. The van der Waals surface area contributed by atoms with Gasteiger partial charge in [-0.25, -0.2) is 0 Å². The van der Waals surface area contributed by atoms with Crippen molar-refractivity contribution in [2.75, 3.05) is 11.9 Å². The topological polar surface area (TPSA) is 64.1 Å². The van der Waals surface area contributed by atoms with Gasteiger partial charge in [-0.3, -0.25) is 10.1 Å². The summed E-state index contributed by atoms with van der Waals surface area (Å²) in [6.07, 6.45) is 0. The minimum atomic E-state index is -0.253. The van der Waals surface area contributed by atoms with E-state index < -0.39 is 0 Å². The lowest BCUT2D eigenvalue weighted by Gasteiger charge is -2.05. The maximum atomic E-state index is 11.9. The Bertz CT molecular complexity index is 820. The van der Waals surface area contributed by atoms with Crippen LogP contribution in [0.2, 0.25) is 0 Å². The normalized spacial score (nSPS) is 10.4. The second-order valence-electron chi connectivity index (χ2n) is 5.30. The minimum absolute atomic E-state index is 0.0604. The van der Waals surface area contributed by atoms with Crippen molar-refractivity contribution in [3.63, 3.8) is 0 Å². The SMILES string of the molecule is Cc1ccc(OCC(=O)Nc2nnc(SCc3ccccc3)s2)cc1. The molecule has 1 amide bonds. The molecule has 0 radical (unpaired) electrons. The number of carbonyl (C=O) groups is 1. The summed E-state index contributed by atoms with van der Waals surface area (Å²) < 4.78 is 6.26. The van der Waals surface area contributed by atoms with Crippen LogP contribution in [-0.2, 0) is 10.5 Å². The van der Waals surface area contributed by atoms with Crippen molar-refractivity contribution >= 4 is 34.1 Å². The number of thioether (sulfide) groups is 1. The highest BCUT2D eigenvalue weighted by Crippen LogP contribution is 2.28.